The Morgan fingerprint density at radius 3 is 2.77 bits per heavy atom. The number of aliphatic hydroxyl groups is 1. The summed E-state index contributed by atoms with van der Waals surface area (Å²) in [6.45, 7) is 7.00. The predicted molar refractivity (Wildman–Crippen MR) is 116 cm³/mol. The van der Waals surface area contributed by atoms with Crippen LogP contribution in [-0.2, 0) is 13.6 Å². The lowest BCUT2D eigenvalue weighted by Crippen LogP contribution is -2.31. The van der Waals surface area contributed by atoms with Crippen LogP contribution in [0, 0.1) is 12.8 Å². The molecule has 0 saturated carbocycles. The molecule has 0 spiro atoms. The Morgan fingerprint density at radius 1 is 1.30 bits per heavy atom. The molecule has 0 radical (unpaired) electrons. The summed E-state index contributed by atoms with van der Waals surface area (Å²) in [5.74, 6) is 1.60. The number of aromatic amines is 1. The summed E-state index contributed by atoms with van der Waals surface area (Å²) < 4.78 is 8.59. The van der Waals surface area contributed by atoms with Crippen LogP contribution in [0.4, 0.5) is 5.95 Å². The number of anilines is 1. The Kier molecular flexibility index (Phi) is 6.61. The SMILES string of the molecule is Cc1cccc(OCC(O)Cn2c(NCCC(C)C)nc3c2c(=O)[nH]c(=O)n3C)c1. The fourth-order valence-corrected chi connectivity index (χ4v) is 3.18. The van der Waals surface area contributed by atoms with Crippen LogP contribution in [0.2, 0.25) is 0 Å². The van der Waals surface area contributed by atoms with Gasteiger partial charge in [-0.3, -0.25) is 14.3 Å². The highest BCUT2D eigenvalue weighted by Crippen LogP contribution is 2.18. The minimum absolute atomic E-state index is 0.0538. The molecule has 1 atom stereocenters. The van der Waals surface area contributed by atoms with Gasteiger partial charge in [-0.15, -0.1) is 0 Å². The molecule has 162 valence electrons. The van der Waals surface area contributed by atoms with E-state index in [-0.39, 0.29) is 24.3 Å². The second-order valence-electron chi connectivity index (χ2n) is 7.93. The van der Waals surface area contributed by atoms with Crippen LogP contribution < -0.4 is 21.3 Å². The zero-order valence-corrected chi connectivity index (χ0v) is 17.8. The maximum absolute atomic E-state index is 12.5. The van der Waals surface area contributed by atoms with Crippen molar-refractivity contribution in [2.75, 3.05) is 18.5 Å². The molecule has 2 heterocycles. The van der Waals surface area contributed by atoms with Gasteiger partial charge in [-0.05, 0) is 37.0 Å². The van der Waals surface area contributed by atoms with E-state index in [1.165, 1.54) is 4.57 Å². The van der Waals surface area contributed by atoms with E-state index >= 15 is 0 Å². The van der Waals surface area contributed by atoms with Crippen molar-refractivity contribution in [1.29, 1.82) is 0 Å². The largest absolute Gasteiger partial charge is 0.491 e. The number of aliphatic hydroxyl groups excluding tert-OH is 1. The number of hydrogen-bond donors (Lipinski definition) is 3. The van der Waals surface area contributed by atoms with Crippen LogP contribution in [0.1, 0.15) is 25.8 Å². The minimum Gasteiger partial charge on any atom is -0.491 e. The van der Waals surface area contributed by atoms with Crippen molar-refractivity contribution < 1.29 is 9.84 Å². The first-order chi connectivity index (χ1) is 14.3. The third kappa shape index (κ3) is 4.91. The van der Waals surface area contributed by atoms with Crippen LogP contribution >= 0.6 is 0 Å². The van der Waals surface area contributed by atoms with Crippen LogP contribution in [0.3, 0.4) is 0 Å². The van der Waals surface area contributed by atoms with Gasteiger partial charge in [-0.25, -0.2) is 4.79 Å². The molecule has 2 aromatic heterocycles. The number of ether oxygens (including phenoxy) is 1. The lowest BCUT2D eigenvalue weighted by atomic mass is 10.1. The third-order valence-electron chi connectivity index (χ3n) is 4.84. The molecule has 3 rings (SSSR count). The van der Waals surface area contributed by atoms with E-state index in [0.717, 1.165) is 12.0 Å². The number of H-pyrrole nitrogens is 1. The average molecular weight is 415 g/mol. The van der Waals surface area contributed by atoms with Gasteiger partial charge >= 0.3 is 5.69 Å². The molecule has 0 saturated heterocycles. The molecule has 1 aromatic carbocycles. The Balaban J connectivity index is 1.86. The fraction of sp³-hybridized carbons (Fsp3) is 0.476. The van der Waals surface area contributed by atoms with E-state index in [4.69, 9.17) is 4.74 Å². The first kappa shape index (κ1) is 21.6. The molecule has 1 unspecified atom stereocenters. The molecule has 0 bridgehead atoms. The Morgan fingerprint density at radius 2 is 2.07 bits per heavy atom. The van der Waals surface area contributed by atoms with Gasteiger partial charge in [0.15, 0.2) is 11.2 Å². The van der Waals surface area contributed by atoms with Crippen molar-refractivity contribution in [2.45, 2.75) is 39.8 Å². The molecule has 0 aliphatic rings. The van der Waals surface area contributed by atoms with E-state index < -0.39 is 17.4 Å². The van der Waals surface area contributed by atoms with Crippen molar-refractivity contribution in [3.63, 3.8) is 0 Å². The molecule has 30 heavy (non-hydrogen) atoms. The molecule has 3 N–H and O–H groups in total. The molecule has 9 nitrogen and oxygen atoms in total. The molecular formula is C21H29N5O4. The number of fused-ring (bicyclic) bond motifs is 1. The molecule has 9 heteroatoms. The van der Waals surface area contributed by atoms with E-state index in [0.29, 0.717) is 24.2 Å². The van der Waals surface area contributed by atoms with Gasteiger partial charge in [0.25, 0.3) is 5.56 Å². The Bertz CT molecular complexity index is 1130. The highest BCUT2D eigenvalue weighted by atomic mass is 16.5. The Labute approximate surface area is 174 Å². The molecular weight excluding hydrogens is 386 g/mol. The smallest absolute Gasteiger partial charge is 0.329 e. The average Bonchev–Trinajstić information content (AvgIpc) is 3.03. The maximum Gasteiger partial charge on any atom is 0.329 e. The lowest BCUT2D eigenvalue weighted by Gasteiger charge is -2.16. The summed E-state index contributed by atoms with van der Waals surface area (Å²) in [4.78, 5) is 31.2. The summed E-state index contributed by atoms with van der Waals surface area (Å²) >= 11 is 0. The standard InChI is InChI=1S/C21H29N5O4/c1-13(2)8-9-22-20-23-18-17(19(28)24-21(29)25(18)4)26(20)11-15(27)12-30-16-7-5-6-14(3)10-16/h5-7,10,13,15,27H,8-9,11-12H2,1-4H3,(H,22,23)(H,24,28,29). The van der Waals surface area contributed by atoms with Gasteiger partial charge in [-0.1, -0.05) is 26.0 Å². The highest BCUT2D eigenvalue weighted by molar-refractivity contribution is 5.74. The van der Waals surface area contributed by atoms with E-state index in [9.17, 15) is 14.7 Å². The quantitative estimate of drug-likeness (QED) is 0.489. The van der Waals surface area contributed by atoms with Gasteiger partial charge < -0.3 is 19.7 Å². The topological polar surface area (TPSA) is 114 Å². The molecule has 0 amide bonds. The monoisotopic (exact) mass is 415 g/mol. The molecule has 0 aliphatic heterocycles. The number of hydrogen-bond acceptors (Lipinski definition) is 6. The first-order valence-corrected chi connectivity index (χ1v) is 10.1. The van der Waals surface area contributed by atoms with Crippen molar-refractivity contribution in [2.24, 2.45) is 13.0 Å². The second-order valence-corrected chi connectivity index (χ2v) is 7.93. The summed E-state index contributed by atoms with van der Waals surface area (Å²) in [5, 5.41) is 13.8. The third-order valence-corrected chi connectivity index (χ3v) is 4.84. The normalized spacial score (nSPS) is 12.5. The van der Waals surface area contributed by atoms with Crippen LogP contribution in [0.25, 0.3) is 11.2 Å². The second kappa shape index (κ2) is 9.17. The van der Waals surface area contributed by atoms with Gasteiger partial charge in [0, 0.05) is 13.6 Å². The fourth-order valence-electron chi connectivity index (χ4n) is 3.18. The van der Waals surface area contributed by atoms with Crippen molar-refractivity contribution in [3.05, 3.63) is 50.7 Å². The summed E-state index contributed by atoms with van der Waals surface area (Å²) in [6, 6.07) is 7.56. The van der Waals surface area contributed by atoms with Crippen molar-refractivity contribution in [1.82, 2.24) is 19.1 Å². The Hall–Kier alpha value is -3.07. The lowest BCUT2D eigenvalue weighted by molar-refractivity contribution is 0.0938. The highest BCUT2D eigenvalue weighted by Gasteiger charge is 2.20. The van der Waals surface area contributed by atoms with Crippen molar-refractivity contribution in [3.8, 4) is 5.75 Å². The van der Waals surface area contributed by atoms with Gasteiger partial charge in [0.2, 0.25) is 5.95 Å². The zero-order chi connectivity index (χ0) is 21.8. The number of imidazole rings is 1. The number of aryl methyl sites for hydroxylation is 2. The molecule has 0 fully saturated rings. The minimum atomic E-state index is -0.884. The maximum atomic E-state index is 12.5. The molecule has 3 aromatic rings. The number of aromatic nitrogens is 4. The van der Waals surface area contributed by atoms with Gasteiger partial charge in [0.05, 0.1) is 6.54 Å². The summed E-state index contributed by atoms with van der Waals surface area (Å²) in [7, 11) is 1.55. The summed E-state index contributed by atoms with van der Waals surface area (Å²) in [6.07, 6.45) is 0.0301. The number of nitrogens with one attached hydrogen (secondary N) is 2. The van der Waals surface area contributed by atoms with E-state index in [1.54, 1.807) is 11.6 Å². The number of rotatable bonds is 9. The first-order valence-electron chi connectivity index (χ1n) is 10.1. The van der Waals surface area contributed by atoms with Gasteiger partial charge in [0.1, 0.15) is 18.5 Å². The molecule has 0 aliphatic carbocycles. The van der Waals surface area contributed by atoms with Crippen molar-refractivity contribution >= 4 is 17.1 Å². The van der Waals surface area contributed by atoms with Crippen LogP contribution in [0.5, 0.6) is 5.75 Å². The van der Waals surface area contributed by atoms with Crippen LogP contribution in [0.15, 0.2) is 33.9 Å². The zero-order valence-electron chi connectivity index (χ0n) is 17.8. The number of nitrogens with zero attached hydrogens (tertiary/aromatic N) is 3. The van der Waals surface area contributed by atoms with E-state index in [1.807, 2.05) is 31.2 Å². The predicted octanol–water partition coefficient (Wildman–Crippen LogP) is 1.63. The van der Waals surface area contributed by atoms with Gasteiger partial charge in [-0.2, -0.15) is 4.98 Å². The van der Waals surface area contributed by atoms with Crippen LogP contribution in [-0.4, -0.2) is 43.5 Å². The summed E-state index contributed by atoms with van der Waals surface area (Å²) in [5.41, 5.74) is 0.492. The number of benzene rings is 1. The van der Waals surface area contributed by atoms with E-state index in [2.05, 4.69) is 29.1 Å².